The van der Waals surface area contributed by atoms with Crippen LogP contribution in [0.25, 0.3) is 0 Å². The lowest BCUT2D eigenvalue weighted by Crippen LogP contribution is -2.17. The minimum absolute atomic E-state index is 0.0479. The van der Waals surface area contributed by atoms with Gasteiger partial charge in [-0.15, -0.1) is 0 Å². The van der Waals surface area contributed by atoms with E-state index in [0.29, 0.717) is 22.9 Å². The van der Waals surface area contributed by atoms with Gasteiger partial charge in [0.15, 0.2) is 5.76 Å². The molecule has 0 saturated carbocycles. The first-order valence-electron chi connectivity index (χ1n) is 8.71. The van der Waals surface area contributed by atoms with Crippen molar-refractivity contribution in [1.29, 1.82) is 0 Å². The Balaban J connectivity index is 1.58. The number of amides is 2. The van der Waals surface area contributed by atoms with Crippen LogP contribution in [-0.2, 0) is 16.1 Å². The molecule has 0 unspecified atom stereocenters. The van der Waals surface area contributed by atoms with Gasteiger partial charge in [-0.3, -0.25) is 9.59 Å². The van der Waals surface area contributed by atoms with Crippen molar-refractivity contribution in [2.24, 2.45) is 0 Å². The van der Waals surface area contributed by atoms with Gasteiger partial charge < -0.3 is 24.5 Å². The van der Waals surface area contributed by atoms with Gasteiger partial charge in [0, 0.05) is 23.0 Å². The molecule has 0 saturated heterocycles. The van der Waals surface area contributed by atoms with Crippen molar-refractivity contribution >= 4 is 39.1 Å². The SMILES string of the molecule is COCC(=O)Nc1cccc(NC(=O)c2ccc(COc3cccc(Br)c3)o2)c1. The zero-order valence-corrected chi connectivity index (χ0v) is 17.2. The van der Waals surface area contributed by atoms with E-state index in [1.54, 1.807) is 36.4 Å². The van der Waals surface area contributed by atoms with E-state index in [0.717, 1.165) is 4.47 Å². The molecular formula is C21H19BrN2O5. The van der Waals surface area contributed by atoms with E-state index >= 15 is 0 Å². The fraction of sp³-hybridized carbons (Fsp3) is 0.143. The number of hydrogen-bond donors (Lipinski definition) is 2. The van der Waals surface area contributed by atoms with E-state index in [-0.39, 0.29) is 24.9 Å². The molecule has 0 aliphatic heterocycles. The summed E-state index contributed by atoms with van der Waals surface area (Å²) >= 11 is 3.38. The Morgan fingerprint density at radius 2 is 1.76 bits per heavy atom. The Bertz CT molecular complexity index is 1000. The second kappa shape index (κ2) is 9.90. The molecule has 0 atom stereocenters. The first-order chi connectivity index (χ1) is 14.0. The summed E-state index contributed by atoms with van der Waals surface area (Å²) < 4.78 is 16.9. The number of rotatable bonds is 8. The molecular weight excluding hydrogens is 440 g/mol. The molecule has 3 aromatic rings. The first-order valence-corrected chi connectivity index (χ1v) is 9.50. The Hall–Kier alpha value is -3.10. The summed E-state index contributed by atoms with van der Waals surface area (Å²) in [7, 11) is 1.44. The molecule has 0 bridgehead atoms. The molecule has 0 spiro atoms. The van der Waals surface area contributed by atoms with Crippen molar-refractivity contribution in [3.8, 4) is 5.75 Å². The van der Waals surface area contributed by atoms with Crippen molar-refractivity contribution in [3.63, 3.8) is 0 Å². The minimum atomic E-state index is -0.404. The van der Waals surface area contributed by atoms with Crippen LogP contribution in [0.2, 0.25) is 0 Å². The molecule has 0 aliphatic carbocycles. The molecule has 1 aromatic heterocycles. The van der Waals surface area contributed by atoms with E-state index in [9.17, 15) is 9.59 Å². The first kappa shape index (κ1) is 20.6. The summed E-state index contributed by atoms with van der Waals surface area (Å²) in [5, 5.41) is 5.41. The van der Waals surface area contributed by atoms with Crippen LogP contribution in [-0.4, -0.2) is 25.5 Å². The van der Waals surface area contributed by atoms with E-state index in [1.807, 2.05) is 24.3 Å². The highest BCUT2D eigenvalue weighted by atomic mass is 79.9. The van der Waals surface area contributed by atoms with Gasteiger partial charge >= 0.3 is 0 Å². The third-order valence-corrected chi connectivity index (χ3v) is 4.24. The molecule has 2 aromatic carbocycles. The van der Waals surface area contributed by atoms with Crippen molar-refractivity contribution in [3.05, 3.63) is 76.7 Å². The van der Waals surface area contributed by atoms with Gasteiger partial charge in [0.1, 0.15) is 24.7 Å². The fourth-order valence-electron chi connectivity index (χ4n) is 2.48. The summed E-state index contributed by atoms with van der Waals surface area (Å²) in [5.41, 5.74) is 1.07. The smallest absolute Gasteiger partial charge is 0.291 e. The number of furan rings is 1. The third kappa shape index (κ3) is 6.20. The molecule has 7 nitrogen and oxygen atoms in total. The van der Waals surface area contributed by atoms with Crippen molar-refractivity contribution in [2.45, 2.75) is 6.61 Å². The molecule has 2 N–H and O–H groups in total. The monoisotopic (exact) mass is 458 g/mol. The maximum absolute atomic E-state index is 12.4. The van der Waals surface area contributed by atoms with Crippen LogP contribution in [0.4, 0.5) is 11.4 Å². The second-order valence-electron chi connectivity index (χ2n) is 6.03. The Morgan fingerprint density at radius 3 is 2.52 bits per heavy atom. The predicted octanol–water partition coefficient (Wildman–Crippen LogP) is 4.46. The average molecular weight is 459 g/mol. The Labute approximate surface area is 176 Å². The number of carbonyl (C=O) groups is 2. The highest BCUT2D eigenvalue weighted by Gasteiger charge is 2.12. The summed E-state index contributed by atoms with van der Waals surface area (Å²) in [4.78, 5) is 24.0. The normalized spacial score (nSPS) is 10.4. The van der Waals surface area contributed by atoms with Crippen molar-refractivity contribution in [2.75, 3.05) is 24.4 Å². The number of nitrogens with one attached hydrogen (secondary N) is 2. The van der Waals surface area contributed by atoms with E-state index in [1.165, 1.54) is 7.11 Å². The van der Waals surface area contributed by atoms with Crippen LogP contribution >= 0.6 is 15.9 Å². The summed E-state index contributed by atoms with van der Waals surface area (Å²) in [6, 6.07) is 17.5. The van der Waals surface area contributed by atoms with Gasteiger partial charge in [0.05, 0.1) is 0 Å². The van der Waals surface area contributed by atoms with Crippen molar-refractivity contribution in [1.82, 2.24) is 0 Å². The fourth-order valence-corrected chi connectivity index (χ4v) is 2.86. The van der Waals surface area contributed by atoms with Gasteiger partial charge in [0.25, 0.3) is 5.91 Å². The highest BCUT2D eigenvalue weighted by Crippen LogP contribution is 2.20. The number of benzene rings is 2. The predicted molar refractivity (Wildman–Crippen MR) is 112 cm³/mol. The Kier molecular flexibility index (Phi) is 7.04. The highest BCUT2D eigenvalue weighted by molar-refractivity contribution is 9.10. The molecule has 0 radical (unpaired) electrons. The molecule has 29 heavy (non-hydrogen) atoms. The van der Waals surface area contributed by atoms with Crippen LogP contribution in [0.3, 0.4) is 0 Å². The van der Waals surface area contributed by atoms with Gasteiger partial charge in [0.2, 0.25) is 5.91 Å². The average Bonchev–Trinajstić information content (AvgIpc) is 3.16. The van der Waals surface area contributed by atoms with Crippen LogP contribution in [0.15, 0.2) is 69.6 Å². The number of carbonyl (C=O) groups excluding carboxylic acids is 2. The summed E-state index contributed by atoms with van der Waals surface area (Å²) in [6.07, 6.45) is 0. The van der Waals surface area contributed by atoms with Gasteiger partial charge in [-0.05, 0) is 48.5 Å². The molecule has 0 aliphatic rings. The van der Waals surface area contributed by atoms with E-state index in [2.05, 4.69) is 26.6 Å². The van der Waals surface area contributed by atoms with Crippen LogP contribution in [0.5, 0.6) is 5.75 Å². The number of methoxy groups -OCH3 is 1. The number of anilines is 2. The number of halogens is 1. The molecule has 0 fully saturated rings. The van der Waals surface area contributed by atoms with Gasteiger partial charge in [-0.1, -0.05) is 28.1 Å². The van der Waals surface area contributed by atoms with Crippen LogP contribution < -0.4 is 15.4 Å². The maximum atomic E-state index is 12.4. The van der Waals surface area contributed by atoms with Gasteiger partial charge in [-0.25, -0.2) is 0 Å². The largest absolute Gasteiger partial charge is 0.486 e. The molecule has 1 heterocycles. The Morgan fingerprint density at radius 1 is 1.00 bits per heavy atom. The molecule has 2 amide bonds. The van der Waals surface area contributed by atoms with Crippen LogP contribution in [0, 0.1) is 0 Å². The van der Waals surface area contributed by atoms with Gasteiger partial charge in [-0.2, -0.15) is 0 Å². The standard InChI is InChI=1S/C21H19BrN2O5/c1-27-13-20(25)23-15-5-3-6-16(11-15)24-21(26)19-9-8-18(29-19)12-28-17-7-2-4-14(22)10-17/h2-11H,12-13H2,1H3,(H,23,25)(H,24,26). The third-order valence-electron chi connectivity index (χ3n) is 3.74. The lowest BCUT2D eigenvalue weighted by Gasteiger charge is -2.08. The number of ether oxygens (including phenoxy) is 2. The maximum Gasteiger partial charge on any atom is 0.291 e. The zero-order chi connectivity index (χ0) is 20.6. The zero-order valence-electron chi connectivity index (χ0n) is 15.6. The molecule has 3 rings (SSSR count). The summed E-state index contributed by atoms with van der Waals surface area (Å²) in [6.45, 7) is 0.151. The second-order valence-corrected chi connectivity index (χ2v) is 6.94. The minimum Gasteiger partial charge on any atom is -0.486 e. The quantitative estimate of drug-likeness (QED) is 0.519. The molecule has 8 heteroatoms. The lowest BCUT2D eigenvalue weighted by atomic mass is 10.2. The summed E-state index contributed by atoms with van der Waals surface area (Å²) in [5.74, 6) is 0.688. The number of hydrogen-bond acceptors (Lipinski definition) is 5. The topological polar surface area (TPSA) is 89.8 Å². The van der Waals surface area contributed by atoms with Crippen LogP contribution in [0.1, 0.15) is 16.3 Å². The van der Waals surface area contributed by atoms with E-state index < -0.39 is 5.91 Å². The lowest BCUT2D eigenvalue weighted by molar-refractivity contribution is -0.119. The molecule has 150 valence electrons. The van der Waals surface area contributed by atoms with E-state index in [4.69, 9.17) is 13.9 Å². The van der Waals surface area contributed by atoms with Crippen molar-refractivity contribution < 1.29 is 23.5 Å².